The van der Waals surface area contributed by atoms with Gasteiger partial charge in [-0.3, -0.25) is 4.79 Å². The fourth-order valence-electron chi connectivity index (χ4n) is 0.332. The van der Waals surface area contributed by atoms with Crippen molar-refractivity contribution in [3.8, 4) is 0 Å². The number of carbonyl (C=O) groups excluding carboxylic acids is 1. The van der Waals surface area contributed by atoms with E-state index in [-0.39, 0.29) is 12.6 Å². The Bertz CT molecular complexity index is 190. The number of hydrogen-bond acceptors (Lipinski definition) is 2. The molecule has 0 heterocycles. The molecule has 1 unspecified atom stereocenters. The summed E-state index contributed by atoms with van der Waals surface area (Å²) in [6.45, 7) is 0.464. The van der Waals surface area contributed by atoms with Gasteiger partial charge >= 0.3 is 0 Å². The molecule has 2 nitrogen and oxygen atoms in total. The predicted molar refractivity (Wildman–Crippen MR) is 44.0 cm³/mol. The molecule has 0 fully saturated rings. The predicted octanol–water partition coefficient (Wildman–Crippen LogP) is 2.80. The second-order valence-corrected chi connectivity index (χ2v) is 6.07. The molecule has 0 saturated heterocycles. The lowest BCUT2D eigenvalue weighted by Gasteiger charge is -1.99. The highest BCUT2D eigenvalue weighted by Gasteiger charge is 2.13. The van der Waals surface area contributed by atoms with Gasteiger partial charge in [-0.15, -0.1) is 0 Å². The quantitative estimate of drug-likeness (QED) is 0.517. The van der Waals surface area contributed by atoms with Crippen molar-refractivity contribution in [1.82, 2.24) is 0 Å². The van der Waals surface area contributed by atoms with E-state index in [1.54, 1.807) is 0 Å². The molecule has 10 heavy (non-hydrogen) atoms. The van der Waals surface area contributed by atoms with Crippen LogP contribution in [-0.4, -0.2) is 11.4 Å². The molecule has 5 heteroatoms. The van der Waals surface area contributed by atoms with E-state index in [0.717, 1.165) is 5.82 Å². The van der Waals surface area contributed by atoms with E-state index in [0.29, 0.717) is 0 Å². The van der Waals surface area contributed by atoms with Gasteiger partial charge in [0.1, 0.15) is 0 Å². The van der Waals surface area contributed by atoms with Gasteiger partial charge in [-0.25, -0.2) is 0 Å². The number of halogens is 2. The zero-order valence-electron chi connectivity index (χ0n) is 5.22. The van der Waals surface area contributed by atoms with Crippen molar-refractivity contribution in [1.29, 1.82) is 0 Å². The van der Waals surface area contributed by atoms with Crippen LogP contribution < -0.4 is 0 Å². The minimum absolute atomic E-state index is 0.0361. The molecule has 0 aromatic carbocycles. The van der Waals surface area contributed by atoms with Crippen LogP contribution in [0.3, 0.4) is 0 Å². The molecule has 0 aromatic rings. The van der Waals surface area contributed by atoms with Gasteiger partial charge in [-0.2, -0.15) is 0 Å². The van der Waals surface area contributed by atoms with Gasteiger partial charge in [0.05, 0.1) is 0 Å². The fraction of sp³-hybridized carbons (Fsp3) is 0.400. The molecule has 0 saturated carbocycles. The highest BCUT2D eigenvalue weighted by atomic mass is 35.7. The van der Waals surface area contributed by atoms with Crippen LogP contribution in [0.15, 0.2) is 12.4 Å². The van der Waals surface area contributed by atoms with Crippen LogP contribution in [0.4, 0.5) is 0 Å². The Morgan fingerprint density at radius 1 is 1.70 bits per heavy atom. The van der Waals surface area contributed by atoms with E-state index in [2.05, 4.69) is 6.58 Å². The van der Waals surface area contributed by atoms with Gasteiger partial charge in [0.25, 0.3) is 0 Å². The van der Waals surface area contributed by atoms with Crippen molar-refractivity contribution in [3.05, 3.63) is 12.4 Å². The molecule has 0 N–H and O–H groups in total. The molecule has 0 aliphatic heterocycles. The van der Waals surface area contributed by atoms with E-state index < -0.39 is 11.7 Å². The van der Waals surface area contributed by atoms with E-state index in [1.807, 2.05) is 0 Å². The number of hydrogen-bond donors (Lipinski definition) is 0. The molecule has 0 spiro atoms. The molecule has 0 rings (SSSR count). The standard InChI is InChI=1S/C5H7Cl2O2P/c1-2-10(7,9)4-3-5(6)8/h2H,1,3-4H2. The largest absolute Gasteiger partial charge is 0.302 e. The van der Waals surface area contributed by atoms with Crippen LogP contribution in [0.25, 0.3) is 0 Å². The van der Waals surface area contributed by atoms with Crippen molar-refractivity contribution in [2.45, 2.75) is 6.42 Å². The van der Waals surface area contributed by atoms with Crippen LogP contribution in [0.2, 0.25) is 0 Å². The van der Waals surface area contributed by atoms with Gasteiger partial charge in [0.2, 0.25) is 5.24 Å². The smallest absolute Gasteiger partial charge is 0.222 e. The highest BCUT2D eigenvalue weighted by molar-refractivity contribution is 7.91. The first kappa shape index (κ1) is 10.2. The second kappa shape index (κ2) is 4.17. The summed E-state index contributed by atoms with van der Waals surface area (Å²) < 4.78 is 10.9. The van der Waals surface area contributed by atoms with Crippen LogP contribution >= 0.6 is 29.3 Å². The van der Waals surface area contributed by atoms with E-state index in [4.69, 9.17) is 22.8 Å². The first-order chi connectivity index (χ1) is 4.48. The zero-order chi connectivity index (χ0) is 8.20. The topological polar surface area (TPSA) is 34.1 Å². The van der Waals surface area contributed by atoms with E-state index in [9.17, 15) is 9.36 Å². The van der Waals surface area contributed by atoms with Crippen LogP contribution in [0.5, 0.6) is 0 Å². The van der Waals surface area contributed by atoms with Crippen LogP contribution in [-0.2, 0) is 9.36 Å². The van der Waals surface area contributed by atoms with Gasteiger partial charge < -0.3 is 4.57 Å². The summed E-state index contributed by atoms with van der Waals surface area (Å²) in [5.74, 6) is 1.16. The molecule has 0 aliphatic carbocycles. The Morgan fingerprint density at radius 3 is 2.50 bits per heavy atom. The Labute approximate surface area is 69.4 Å². The van der Waals surface area contributed by atoms with E-state index >= 15 is 0 Å². The molecule has 0 aliphatic rings. The molecule has 1 atom stereocenters. The molecular weight excluding hydrogens is 194 g/mol. The summed E-state index contributed by atoms with van der Waals surface area (Å²) in [5.41, 5.74) is 0. The molecule has 0 amide bonds. The average molecular weight is 201 g/mol. The summed E-state index contributed by atoms with van der Waals surface area (Å²) in [5, 5.41) is -0.525. The van der Waals surface area contributed by atoms with Crippen LogP contribution in [0, 0.1) is 0 Å². The van der Waals surface area contributed by atoms with Crippen LogP contribution in [0.1, 0.15) is 6.42 Å². The lowest BCUT2D eigenvalue weighted by molar-refractivity contribution is -0.111. The third kappa shape index (κ3) is 5.04. The Balaban J connectivity index is 3.79. The van der Waals surface area contributed by atoms with Crippen molar-refractivity contribution in [3.63, 3.8) is 0 Å². The minimum Gasteiger partial charge on any atom is -0.302 e. The minimum atomic E-state index is -2.80. The first-order valence-corrected chi connectivity index (χ1v) is 5.83. The van der Waals surface area contributed by atoms with Gasteiger partial charge in [0.15, 0.2) is 6.49 Å². The summed E-state index contributed by atoms with van der Waals surface area (Å²) >= 11 is 10.4. The third-order valence-corrected chi connectivity index (χ3v) is 3.37. The monoisotopic (exact) mass is 200 g/mol. The van der Waals surface area contributed by atoms with Crippen molar-refractivity contribution in [2.75, 3.05) is 6.16 Å². The average Bonchev–Trinajstić information content (AvgIpc) is 1.85. The molecule has 0 aromatic heterocycles. The maximum Gasteiger partial charge on any atom is 0.222 e. The van der Waals surface area contributed by atoms with Crippen molar-refractivity contribution < 1.29 is 9.36 Å². The molecule has 0 radical (unpaired) electrons. The Hall–Kier alpha value is 0.220. The second-order valence-electron chi connectivity index (χ2n) is 1.71. The number of rotatable bonds is 4. The van der Waals surface area contributed by atoms with E-state index in [1.165, 1.54) is 0 Å². The molecule has 0 bridgehead atoms. The summed E-state index contributed by atoms with van der Waals surface area (Å²) in [6.07, 6.45) is 0.134. The Kier molecular flexibility index (Phi) is 4.26. The molecule has 58 valence electrons. The Morgan fingerprint density at radius 2 is 2.20 bits per heavy atom. The lowest BCUT2D eigenvalue weighted by atomic mass is 10.6. The number of carbonyl (C=O) groups is 1. The maximum atomic E-state index is 10.9. The SMILES string of the molecule is C=CP(=O)(Cl)CCC(=O)Cl. The van der Waals surface area contributed by atoms with Gasteiger partial charge in [-0.05, 0) is 28.7 Å². The van der Waals surface area contributed by atoms with Crippen molar-refractivity contribution >= 4 is 34.6 Å². The highest BCUT2D eigenvalue weighted by Crippen LogP contribution is 2.52. The molecular formula is C5H7Cl2O2P. The zero-order valence-corrected chi connectivity index (χ0v) is 7.62. The van der Waals surface area contributed by atoms with Gasteiger partial charge in [-0.1, -0.05) is 6.58 Å². The first-order valence-electron chi connectivity index (χ1n) is 2.58. The lowest BCUT2D eigenvalue weighted by Crippen LogP contribution is -1.89. The van der Waals surface area contributed by atoms with Crippen molar-refractivity contribution in [2.24, 2.45) is 0 Å². The van der Waals surface area contributed by atoms with Gasteiger partial charge in [0, 0.05) is 12.6 Å². The summed E-state index contributed by atoms with van der Waals surface area (Å²) in [6, 6.07) is 0. The third-order valence-electron chi connectivity index (χ3n) is 0.886. The maximum absolute atomic E-state index is 10.9. The summed E-state index contributed by atoms with van der Waals surface area (Å²) in [4.78, 5) is 10.2. The fourth-order valence-corrected chi connectivity index (χ4v) is 1.50. The summed E-state index contributed by atoms with van der Waals surface area (Å²) in [7, 11) is 0. The normalized spacial score (nSPS) is 15.8.